The molecule has 0 unspecified atom stereocenters. The van der Waals surface area contributed by atoms with Crippen molar-refractivity contribution in [2.45, 2.75) is 31.0 Å². The highest BCUT2D eigenvalue weighted by molar-refractivity contribution is 6.31. The molecule has 2 atom stereocenters. The minimum Gasteiger partial charge on any atom is -0.497 e. The first-order valence-electron chi connectivity index (χ1n) is 14.6. The van der Waals surface area contributed by atoms with Gasteiger partial charge in [-0.15, -0.1) is 0 Å². The third-order valence-corrected chi connectivity index (χ3v) is 7.84. The number of nitrogens with zero attached hydrogens (tertiary/aromatic N) is 4. The van der Waals surface area contributed by atoms with Crippen molar-refractivity contribution in [1.82, 2.24) is 10.9 Å². The monoisotopic (exact) mass is 640 g/mol. The summed E-state index contributed by atoms with van der Waals surface area (Å²) in [5.41, 5.74) is 16.6. The van der Waals surface area contributed by atoms with Crippen molar-refractivity contribution in [3.63, 3.8) is 0 Å². The number of methoxy groups -OCH3 is 1. The topological polar surface area (TPSA) is 150 Å². The predicted octanol–water partition coefficient (Wildman–Crippen LogP) is 6.37. The second kappa shape index (κ2) is 15.3. The van der Waals surface area contributed by atoms with E-state index in [2.05, 4.69) is 20.9 Å². The third-order valence-electron chi connectivity index (χ3n) is 7.47. The quantitative estimate of drug-likeness (QED) is 0.0479. The predicted molar refractivity (Wildman–Crippen MR) is 175 cm³/mol. The van der Waals surface area contributed by atoms with E-state index in [1.807, 2.05) is 36.4 Å². The van der Waals surface area contributed by atoms with Gasteiger partial charge in [-0.25, -0.2) is 10.4 Å². The molecule has 0 fully saturated rings. The molecule has 1 aliphatic heterocycles. The maximum Gasteiger partial charge on any atom is 0.266 e. The minimum atomic E-state index is -1.56. The van der Waals surface area contributed by atoms with Crippen LogP contribution in [0.15, 0.2) is 107 Å². The summed E-state index contributed by atoms with van der Waals surface area (Å²) < 4.78 is 17.8. The van der Waals surface area contributed by atoms with E-state index < -0.39 is 17.6 Å². The van der Waals surface area contributed by atoms with Gasteiger partial charge in [-0.05, 0) is 64.7 Å². The number of hydrazine groups is 1. The molecule has 46 heavy (non-hydrogen) atoms. The van der Waals surface area contributed by atoms with Crippen LogP contribution in [0.5, 0.6) is 11.5 Å². The van der Waals surface area contributed by atoms with E-state index in [-0.39, 0.29) is 25.5 Å². The lowest BCUT2D eigenvalue weighted by molar-refractivity contribution is -0.130. The molecule has 0 aliphatic carbocycles. The third kappa shape index (κ3) is 7.42. The Labute approximate surface area is 271 Å². The molecular weight excluding hydrogens is 608 g/mol. The number of hydrogen-bond acceptors (Lipinski definition) is 8. The highest BCUT2D eigenvalue weighted by Gasteiger charge is 2.53. The second-order valence-electron chi connectivity index (χ2n) is 10.5. The van der Waals surface area contributed by atoms with Crippen LogP contribution >= 0.6 is 11.6 Å². The van der Waals surface area contributed by atoms with Gasteiger partial charge in [0.15, 0.2) is 11.6 Å². The molecule has 0 aromatic heterocycles. The van der Waals surface area contributed by atoms with Crippen LogP contribution in [-0.4, -0.2) is 42.8 Å². The molecule has 0 saturated heterocycles. The van der Waals surface area contributed by atoms with Crippen molar-refractivity contribution in [3.8, 4) is 11.5 Å². The second-order valence-corrected chi connectivity index (χ2v) is 10.9. The Morgan fingerprint density at radius 2 is 1.80 bits per heavy atom. The van der Waals surface area contributed by atoms with Gasteiger partial charge in [-0.2, -0.15) is 0 Å². The fraction of sp³-hybridized carbons (Fsp3) is 0.235. The highest BCUT2D eigenvalue weighted by atomic mass is 35.5. The standard InChI is InChI=1S/C34H33ClN6O5/c1-44-28-11-6-10-24(20-28)31-34(21-25-8-3-5-13-30(25)39-41-36,33(43)40-37-22-26-9-2-4-12-29(26)35)38-32(46-31)23-14-16-27(17-15-23)45-19-7-18-42/h2-6,8-17,20,31,37,42H,7,18-19,21-22H2,1H3,(H,40,43)/t31-,34-/m0/s1. The Bertz CT molecular complexity index is 1740. The van der Waals surface area contributed by atoms with Crippen LogP contribution in [0.25, 0.3) is 10.4 Å². The van der Waals surface area contributed by atoms with Crippen molar-refractivity contribution < 1.29 is 24.1 Å². The van der Waals surface area contributed by atoms with E-state index in [0.29, 0.717) is 51.9 Å². The molecule has 1 heterocycles. The van der Waals surface area contributed by atoms with Crippen molar-refractivity contribution in [2.24, 2.45) is 10.1 Å². The molecule has 3 N–H and O–H groups in total. The van der Waals surface area contributed by atoms with Gasteiger partial charge in [-0.3, -0.25) is 10.2 Å². The molecule has 0 bridgehead atoms. The summed E-state index contributed by atoms with van der Waals surface area (Å²) >= 11 is 6.35. The normalized spacial score (nSPS) is 16.9. The number of aliphatic hydroxyl groups excluding tert-OH is 1. The van der Waals surface area contributed by atoms with Gasteiger partial charge in [0.2, 0.25) is 5.90 Å². The number of benzene rings is 4. The number of carbonyl (C=O) groups is 1. The smallest absolute Gasteiger partial charge is 0.266 e. The lowest BCUT2D eigenvalue weighted by Gasteiger charge is -2.31. The first-order valence-corrected chi connectivity index (χ1v) is 15.0. The lowest BCUT2D eigenvalue weighted by Crippen LogP contribution is -2.53. The fourth-order valence-electron chi connectivity index (χ4n) is 5.15. The van der Waals surface area contributed by atoms with Gasteiger partial charge in [-0.1, -0.05) is 71.3 Å². The van der Waals surface area contributed by atoms with E-state index in [1.165, 1.54) is 0 Å². The summed E-state index contributed by atoms with van der Waals surface area (Å²) in [5, 5.41) is 13.5. The molecule has 0 saturated carbocycles. The lowest BCUT2D eigenvalue weighted by atomic mass is 9.81. The highest BCUT2D eigenvalue weighted by Crippen LogP contribution is 2.44. The van der Waals surface area contributed by atoms with Crippen molar-refractivity contribution in [1.29, 1.82) is 0 Å². The van der Waals surface area contributed by atoms with E-state index in [1.54, 1.807) is 67.8 Å². The zero-order valence-corrected chi connectivity index (χ0v) is 25.9. The molecule has 11 nitrogen and oxygen atoms in total. The number of azide groups is 1. The van der Waals surface area contributed by atoms with Gasteiger partial charge >= 0.3 is 0 Å². The van der Waals surface area contributed by atoms with Crippen LogP contribution in [0.1, 0.15) is 34.8 Å². The van der Waals surface area contributed by atoms with Gasteiger partial charge in [0.05, 0.1) is 13.7 Å². The number of aliphatic imine (C=N–C) groups is 1. The molecule has 1 amide bonds. The maximum atomic E-state index is 14.5. The Morgan fingerprint density at radius 1 is 1.04 bits per heavy atom. The van der Waals surface area contributed by atoms with E-state index in [0.717, 1.165) is 5.56 Å². The summed E-state index contributed by atoms with van der Waals surface area (Å²) in [7, 11) is 1.56. The molecular formula is C34H33ClN6O5. The Morgan fingerprint density at radius 3 is 2.54 bits per heavy atom. The van der Waals surface area contributed by atoms with Crippen LogP contribution in [-0.2, 0) is 22.5 Å². The molecule has 4 aromatic rings. The Hall–Kier alpha value is -5.06. The van der Waals surface area contributed by atoms with Gasteiger partial charge in [0, 0.05) is 47.2 Å². The molecule has 12 heteroatoms. The summed E-state index contributed by atoms with van der Waals surface area (Å²) in [5.74, 6) is 0.982. The molecule has 0 spiro atoms. The number of ether oxygens (including phenoxy) is 3. The zero-order chi connectivity index (χ0) is 32.4. The van der Waals surface area contributed by atoms with Gasteiger partial charge in [0.25, 0.3) is 5.91 Å². The van der Waals surface area contributed by atoms with Gasteiger partial charge in [0.1, 0.15) is 11.5 Å². The number of carbonyl (C=O) groups excluding carboxylic acids is 1. The van der Waals surface area contributed by atoms with Crippen molar-refractivity contribution >= 4 is 29.1 Å². The van der Waals surface area contributed by atoms with E-state index in [9.17, 15) is 10.3 Å². The first-order chi connectivity index (χ1) is 22.5. The van der Waals surface area contributed by atoms with Gasteiger partial charge < -0.3 is 19.3 Å². The molecule has 5 rings (SSSR count). The number of hydrogen-bond donors (Lipinski definition) is 3. The van der Waals surface area contributed by atoms with Crippen LogP contribution in [0.4, 0.5) is 5.69 Å². The van der Waals surface area contributed by atoms with Crippen LogP contribution in [0.2, 0.25) is 5.02 Å². The number of halogens is 1. The van der Waals surface area contributed by atoms with E-state index in [4.69, 9.17) is 35.9 Å². The first kappa shape index (κ1) is 32.3. The zero-order valence-electron chi connectivity index (χ0n) is 25.1. The molecule has 236 valence electrons. The summed E-state index contributed by atoms with van der Waals surface area (Å²) in [6.45, 7) is 0.671. The average Bonchev–Trinajstić information content (AvgIpc) is 3.47. The molecule has 1 aliphatic rings. The van der Waals surface area contributed by atoms with E-state index >= 15 is 0 Å². The minimum absolute atomic E-state index is 0.0363. The number of rotatable bonds is 14. The summed E-state index contributed by atoms with van der Waals surface area (Å²) in [6.07, 6.45) is -0.353. The van der Waals surface area contributed by atoms with Crippen LogP contribution in [0, 0.1) is 0 Å². The Balaban J connectivity index is 1.58. The van der Waals surface area contributed by atoms with Crippen LogP contribution < -0.4 is 20.3 Å². The molecule has 4 aromatic carbocycles. The largest absolute Gasteiger partial charge is 0.497 e. The average molecular weight is 641 g/mol. The summed E-state index contributed by atoms with van der Waals surface area (Å²) in [4.78, 5) is 22.5. The SMILES string of the molecule is COc1cccc([C@@H]2OC(c3ccc(OCCCO)cc3)=N[C@]2(Cc2ccccc2N=[N+]=[N-])C(=O)NNCc2ccccc2Cl)c1. The maximum absolute atomic E-state index is 14.5. The number of amides is 1. The van der Waals surface area contributed by atoms with Crippen molar-refractivity contribution in [3.05, 3.63) is 135 Å². The van der Waals surface area contributed by atoms with Crippen molar-refractivity contribution in [2.75, 3.05) is 20.3 Å². The van der Waals surface area contributed by atoms with Crippen LogP contribution in [0.3, 0.4) is 0 Å². The molecule has 0 radical (unpaired) electrons. The number of aliphatic hydroxyl groups is 1. The summed E-state index contributed by atoms with van der Waals surface area (Å²) in [6, 6.07) is 28.8. The number of nitrogens with one attached hydrogen (secondary N) is 2. The Kier molecular flexibility index (Phi) is 10.7. The fourth-order valence-corrected chi connectivity index (χ4v) is 5.36.